The number of carbonyl (C=O) groups is 2. The largest absolute Gasteiger partial charge is 0.445 e. The van der Waals surface area contributed by atoms with E-state index in [1.165, 1.54) is 0 Å². The van der Waals surface area contributed by atoms with Gasteiger partial charge in [0.2, 0.25) is 0 Å². The van der Waals surface area contributed by atoms with Crippen LogP contribution in [0, 0.1) is 5.92 Å². The lowest BCUT2D eigenvalue weighted by Gasteiger charge is -2.31. The Kier molecular flexibility index (Phi) is 8.06. The average molecular weight is 411 g/mol. The van der Waals surface area contributed by atoms with Gasteiger partial charge in [0.1, 0.15) is 12.4 Å². The zero-order valence-electron chi connectivity index (χ0n) is 17.5. The van der Waals surface area contributed by atoms with Crippen LogP contribution in [0.4, 0.5) is 10.6 Å². The molecule has 0 spiro atoms. The van der Waals surface area contributed by atoms with E-state index in [1.54, 1.807) is 23.2 Å². The van der Waals surface area contributed by atoms with Crippen molar-refractivity contribution in [3.8, 4) is 0 Å². The minimum atomic E-state index is -0.273. The summed E-state index contributed by atoms with van der Waals surface area (Å²) in [5, 5.41) is 6.20. The van der Waals surface area contributed by atoms with Gasteiger partial charge in [-0.15, -0.1) is 0 Å². The van der Waals surface area contributed by atoms with Crippen LogP contribution in [-0.2, 0) is 11.3 Å². The van der Waals surface area contributed by atoms with Gasteiger partial charge >= 0.3 is 6.09 Å². The quantitative estimate of drug-likeness (QED) is 0.694. The maximum atomic E-state index is 12.5. The molecule has 1 fully saturated rings. The number of nitrogens with one attached hydrogen (secondary N) is 2. The lowest BCUT2D eigenvalue weighted by Crippen LogP contribution is -2.41. The molecule has 0 bridgehead atoms. The van der Waals surface area contributed by atoms with Gasteiger partial charge < -0.3 is 20.3 Å². The first kappa shape index (κ1) is 21.6. The Morgan fingerprint density at radius 3 is 2.67 bits per heavy atom. The molecule has 7 nitrogen and oxygen atoms in total. The molecule has 1 aromatic heterocycles. The van der Waals surface area contributed by atoms with E-state index in [4.69, 9.17) is 4.74 Å². The van der Waals surface area contributed by atoms with E-state index < -0.39 is 0 Å². The van der Waals surface area contributed by atoms with E-state index in [-0.39, 0.29) is 18.6 Å². The summed E-state index contributed by atoms with van der Waals surface area (Å²) in [6.07, 6.45) is 4.06. The Hall–Kier alpha value is -3.09. The van der Waals surface area contributed by atoms with Crippen LogP contribution in [0.5, 0.6) is 0 Å². The molecular formula is C23H30N4O3. The number of ether oxygens (including phenoxy) is 1. The van der Waals surface area contributed by atoms with Crippen LogP contribution in [-0.4, -0.2) is 48.1 Å². The summed E-state index contributed by atoms with van der Waals surface area (Å²) in [5.74, 6) is 0.972. The van der Waals surface area contributed by atoms with Gasteiger partial charge in [-0.05, 0) is 42.9 Å². The Balaban J connectivity index is 1.38. The zero-order valence-corrected chi connectivity index (χ0v) is 17.5. The SMILES string of the molecule is CCCNc1cc(C(=O)NCC2CCN(C(=O)OCc3ccccc3)CC2)ccn1. The number of rotatable bonds is 8. The van der Waals surface area contributed by atoms with Gasteiger partial charge in [0, 0.05) is 37.9 Å². The molecule has 2 aromatic rings. The predicted molar refractivity (Wildman–Crippen MR) is 116 cm³/mol. The van der Waals surface area contributed by atoms with Gasteiger partial charge in [-0.2, -0.15) is 0 Å². The number of piperidine rings is 1. The van der Waals surface area contributed by atoms with E-state index in [0.29, 0.717) is 36.9 Å². The molecule has 7 heteroatoms. The second-order valence-corrected chi connectivity index (χ2v) is 7.54. The molecule has 2 N–H and O–H groups in total. The molecule has 1 saturated heterocycles. The van der Waals surface area contributed by atoms with Crippen molar-refractivity contribution in [2.75, 3.05) is 31.5 Å². The number of anilines is 1. The fourth-order valence-corrected chi connectivity index (χ4v) is 3.39. The summed E-state index contributed by atoms with van der Waals surface area (Å²) in [4.78, 5) is 30.7. The van der Waals surface area contributed by atoms with Gasteiger partial charge in [0.25, 0.3) is 5.91 Å². The normalized spacial score (nSPS) is 14.2. The Labute approximate surface area is 177 Å². The standard InChI is InChI=1S/C23H30N4O3/c1-2-11-24-21-15-20(8-12-25-21)22(28)26-16-18-9-13-27(14-10-18)23(29)30-17-19-6-4-3-5-7-19/h3-8,12,15,18H,2,9-11,13-14,16-17H2,1H3,(H,24,25)(H,26,28). The number of amides is 2. The van der Waals surface area contributed by atoms with E-state index in [1.807, 2.05) is 30.3 Å². The van der Waals surface area contributed by atoms with Crippen molar-refractivity contribution in [2.45, 2.75) is 32.8 Å². The Morgan fingerprint density at radius 2 is 1.93 bits per heavy atom. The molecule has 1 aliphatic heterocycles. The van der Waals surface area contributed by atoms with E-state index in [9.17, 15) is 9.59 Å². The van der Waals surface area contributed by atoms with Crippen molar-refractivity contribution >= 4 is 17.8 Å². The molecule has 3 rings (SSSR count). The summed E-state index contributed by atoms with van der Waals surface area (Å²) < 4.78 is 5.40. The van der Waals surface area contributed by atoms with Crippen LogP contribution in [0.1, 0.15) is 42.1 Å². The number of likely N-dealkylation sites (tertiary alicyclic amines) is 1. The Morgan fingerprint density at radius 1 is 1.17 bits per heavy atom. The van der Waals surface area contributed by atoms with Crippen molar-refractivity contribution in [1.29, 1.82) is 0 Å². The fourth-order valence-electron chi connectivity index (χ4n) is 3.39. The van der Waals surface area contributed by atoms with Crippen LogP contribution in [0.25, 0.3) is 0 Å². The van der Waals surface area contributed by atoms with E-state index >= 15 is 0 Å². The minimum Gasteiger partial charge on any atom is -0.445 e. The molecule has 0 radical (unpaired) electrons. The molecule has 1 aliphatic rings. The number of benzene rings is 1. The van der Waals surface area contributed by atoms with Crippen LogP contribution in [0.15, 0.2) is 48.7 Å². The molecule has 0 unspecified atom stereocenters. The monoisotopic (exact) mass is 410 g/mol. The van der Waals surface area contributed by atoms with Crippen LogP contribution >= 0.6 is 0 Å². The van der Waals surface area contributed by atoms with Gasteiger partial charge in [-0.3, -0.25) is 4.79 Å². The van der Waals surface area contributed by atoms with Gasteiger partial charge in [0.05, 0.1) is 0 Å². The molecule has 0 atom stereocenters. The number of nitrogens with zero attached hydrogens (tertiary/aromatic N) is 2. The maximum Gasteiger partial charge on any atom is 0.410 e. The lowest BCUT2D eigenvalue weighted by molar-refractivity contribution is 0.0801. The molecule has 0 aliphatic carbocycles. The fraction of sp³-hybridized carbons (Fsp3) is 0.435. The summed E-state index contributed by atoms with van der Waals surface area (Å²) >= 11 is 0. The average Bonchev–Trinajstić information content (AvgIpc) is 2.81. The smallest absolute Gasteiger partial charge is 0.410 e. The predicted octanol–water partition coefficient (Wildman–Crippen LogP) is 3.68. The van der Waals surface area contributed by atoms with Gasteiger partial charge in [-0.25, -0.2) is 9.78 Å². The summed E-state index contributed by atoms with van der Waals surface area (Å²) in [6, 6.07) is 13.2. The summed E-state index contributed by atoms with van der Waals surface area (Å²) in [5.41, 5.74) is 1.58. The number of hydrogen-bond acceptors (Lipinski definition) is 5. The second kappa shape index (κ2) is 11.2. The third-order valence-electron chi connectivity index (χ3n) is 5.21. The molecule has 160 valence electrons. The molecular weight excluding hydrogens is 380 g/mol. The van der Waals surface area contributed by atoms with Crippen molar-refractivity contribution in [3.63, 3.8) is 0 Å². The van der Waals surface area contributed by atoms with Crippen molar-refractivity contribution in [1.82, 2.24) is 15.2 Å². The number of carbonyl (C=O) groups excluding carboxylic acids is 2. The minimum absolute atomic E-state index is 0.0957. The summed E-state index contributed by atoms with van der Waals surface area (Å²) in [6.45, 7) is 5.09. The highest BCUT2D eigenvalue weighted by Crippen LogP contribution is 2.18. The number of pyridine rings is 1. The number of hydrogen-bond donors (Lipinski definition) is 2. The number of aromatic nitrogens is 1. The molecule has 1 aromatic carbocycles. The van der Waals surface area contributed by atoms with E-state index in [2.05, 4.69) is 22.5 Å². The first-order chi connectivity index (χ1) is 14.7. The van der Waals surface area contributed by atoms with Crippen molar-refractivity contribution < 1.29 is 14.3 Å². The van der Waals surface area contributed by atoms with Gasteiger partial charge in [-0.1, -0.05) is 37.3 Å². The third-order valence-corrected chi connectivity index (χ3v) is 5.21. The topological polar surface area (TPSA) is 83.6 Å². The second-order valence-electron chi connectivity index (χ2n) is 7.54. The summed E-state index contributed by atoms with van der Waals surface area (Å²) in [7, 11) is 0. The van der Waals surface area contributed by atoms with Crippen molar-refractivity contribution in [3.05, 3.63) is 59.8 Å². The van der Waals surface area contributed by atoms with Crippen LogP contribution < -0.4 is 10.6 Å². The van der Waals surface area contributed by atoms with Crippen molar-refractivity contribution in [2.24, 2.45) is 5.92 Å². The zero-order chi connectivity index (χ0) is 21.2. The maximum absolute atomic E-state index is 12.5. The highest BCUT2D eigenvalue weighted by molar-refractivity contribution is 5.94. The highest BCUT2D eigenvalue weighted by atomic mass is 16.6. The third kappa shape index (κ3) is 6.47. The van der Waals surface area contributed by atoms with Crippen LogP contribution in [0.3, 0.4) is 0 Å². The molecule has 2 amide bonds. The first-order valence-corrected chi connectivity index (χ1v) is 10.6. The molecule has 2 heterocycles. The van der Waals surface area contributed by atoms with Gasteiger partial charge in [0.15, 0.2) is 0 Å². The molecule has 30 heavy (non-hydrogen) atoms. The van der Waals surface area contributed by atoms with E-state index in [0.717, 1.165) is 31.4 Å². The molecule has 0 saturated carbocycles. The first-order valence-electron chi connectivity index (χ1n) is 10.6. The lowest BCUT2D eigenvalue weighted by atomic mass is 9.97. The Bertz CT molecular complexity index is 820. The highest BCUT2D eigenvalue weighted by Gasteiger charge is 2.24. The van der Waals surface area contributed by atoms with Crippen LogP contribution in [0.2, 0.25) is 0 Å².